The number of rotatable bonds is 6. The third-order valence-electron chi connectivity index (χ3n) is 6.87. The van der Waals surface area contributed by atoms with E-state index in [1.54, 1.807) is 30.7 Å². The number of imidazole rings is 1. The SMILES string of the molecule is O=C(Cc1ccccc1)Nc1cncc(-c2cnc3[nH]nc(-c4nc5c(-c6ccc(F)cc6)cccc5[nH]4)c3c2)c1. The Labute approximate surface area is 233 Å². The van der Waals surface area contributed by atoms with Gasteiger partial charge in [0.05, 0.1) is 34.7 Å². The predicted molar refractivity (Wildman–Crippen MR) is 156 cm³/mol. The fourth-order valence-corrected chi connectivity index (χ4v) is 4.90. The monoisotopic (exact) mass is 539 g/mol. The van der Waals surface area contributed by atoms with Crippen molar-refractivity contribution in [3.63, 3.8) is 0 Å². The maximum atomic E-state index is 13.5. The summed E-state index contributed by atoms with van der Waals surface area (Å²) in [6, 6.07) is 25.6. The summed E-state index contributed by atoms with van der Waals surface area (Å²) in [6.07, 6.45) is 5.36. The molecule has 0 bridgehead atoms. The van der Waals surface area contributed by atoms with Gasteiger partial charge >= 0.3 is 0 Å². The number of H-pyrrole nitrogens is 2. The van der Waals surface area contributed by atoms with Gasteiger partial charge in [-0.1, -0.05) is 54.6 Å². The number of para-hydroxylation sites is 1. The van der Waals surface area contributed by atoms with Crippen molar-refractivity contribution < 1.29 is 9.18 Å². The third-order valence-corrected chi connectivity index (χ3v) is 6.87. The molecule has 0 spiro atoms. The van der Waals surface area contributed by atoms with Crippen LogP contribution >= 0.6 is 0 Å². The lowest BCUT2D eigenvalue weighted by Crippen LogP contribution is -2.14. The second-order valence-corrected chi connectivity index (χ2v) is 9.66. The van der Waals surface area contributed by atoms with E-state index in [0.29, 0.717) is 22.9 Å². The molecule has 198 valence electrons. The van der Waals surface area contributed by atoms with Crippen LogP contribution in [0.5, 0.6) is 0 Å². The molecular weight excluding hydrogens is 517 g/mol. The molecule has 4 heterocycles. The lowest BCUT2D eigenvalue weighted by Gasteiger charge is -2.07. The number of fused-ring (bicyclic) bond motifs is 2. The molecule has 8 nitrogen and oxygen atoms in total. The van der Waals surface area contributed by atoms with Crippen LogP contribution in [0, 0.1) is 5.82 Å². The first kappa shape index (κ1) is 24.3. The van der Waals surface area contributed by atoms with Crippen molar-refractivity contribution in [3.05, 3.63) is 115 Å². The molecule has 0 aliphatic heterocycles. The number of halogens is 1. The van der Waals surface area contributed by atoms with Gasteiger partial charge in [0.1, 0.15) is 11.5 Å². The summed E-state index contributed by atoms with van der Waals surface area (Å²) in [5, 5.41) is 11.2. The highest BCUT2D eigenvalue weighted by Crippen LogP contribution is 2.33. The Morgan fingerprint density at radius 3 is 2.54 bits per heavy atom. The molecule has 9 heteroatoms. The largest absolute Gasteiger partial charge is 0.337 e. The average molecular weight is 540 g/mol. The van der Waals surface area contributed by atoms with Crippen molar-refractivity contribution in [1.29, 1.82) is 0 Å². The quantitative estimate of drug-likeness (QED) is 0.222. The average Bonchev–Trinajstić information content (AvgIpc) is 3.62. The van der Waals surface area contributed by atoms with E-state index in [4.69, 9.17) is 4.98 Å². The zero-order chi connectivity index (χ0) is 27.8. The molecule has 0 saturated carbocycles. The number of nitrogens with one attached hydrogen (secondary N) is 3. The molecule has 3 aromatic carbocycles. The van der Waals surface area contributed by atoms with Crippen molar-refractivity contribution in [2.75, 3.05) is 5.32 Å². The minimum atomic E-state index is -0.287. The van der Waals surface area contributed by atoms with E-state index in [0.717, 1.165) is 44.2 Å². The molecule has 7 aromatic rings. The summed E-state index contributed by atoms with van der Waals surface area (Å²) in [5.41, 5.74) is 7.74. The van der Waals surface area contributed by atoms with Gasteiger partial charge in [0.15, 0.2) is 11.5 Å². The molecule has 3 N–H and O–H groups in total. The van der Waals surface area contributed by atoms with Crippen LogP contribution in [0.1, 0.15) is 5.56 Å². The fourth-order valence-electron chi connectivity index (χ4n) is 4.90. The molecule has 1 amide bonds. The third kappa shape index (κ3) is 4.80. The molecule has 4 aromatic heterocycles. The minimum absolute atomic E-state index is 0.120. The zero-order valence-corrected chi connectivity index (χ0v) is 21.6. The van der Waals surface area contributed by atoms with Crippen molar-refractivity contribution in [1.82, 2.24) is 30.1 Å². The topological polar surface area (TPSA) is 112 Å². The number of nitrogens with zero attached hydrogens (tertiary/aromatic N) is 4. The highest BCUT2D eigenvalue weighted by atomic mass is 19.1. The standard InChI is InChI=1S/C32H22FN7O/c33-23-11-9-20(10-12-23)25-7-4-8-27-29(25)38-32(37-27)30-26-15-22(17-35-31(26)40-39-30)21-14-24(18-34-16-21)36-28(41)13-19-5-2-1-3-6-19/h1-12,14-18H,13H2,(H,36,41)(H,37,38)(H,35,39,40). The summed E-state index contributed by atoms with van der Waals surface area (Å²) in [7, 11) is 0. The van der Waals surface area contributed by atoms with Crippen LogP contribution in [0.15, 0.2) is 104 Å². The van der Waals surface area contributed by atoms with Crippen LogP contribution < -0.4 is 5.32 Å². The molecule has 0 aliphatic carbocycles. The van der Waals surface area contributed by atoms with E-state index in [-0.39, 0.29) is 18.1 Å². The molecule has 7 rings (SSSR count). The van der Waals surface area contributed by atoms with Gasteiger partial charge in [-0.15, -0.1) is 0 Å². The Kier molecular flexibility index (Phi) is 6.01. The first-order valence-corrected chi connectivity index (χ1v) is 13.0. The van der Waals surface area contributed by atoms with E-state index in [2.05, 4.69) is 30.5 Å². The zero-order valence-electron chi connectivity index (χ0n) is 21.6. The molecule has 0 atom stereocenters. The number of hydrogen-bond acceptors (Lipinski definition) is 5. The van der Waals surface area contributed by atoms with Gasteiger partial charge in [0.2, 0.25) is 5.91 Å². The van der Waals surface area contributed by atoms with Gasteiger partial charge in [-0.25, -0.2) is 14.4 Å². The number of hydrogen-bond donors (Lipinski definition) is 3. The number of carbonyl (C=O) groups is 1. The highest BCUT2D eigenvalue weighted by Gasteiger charge is 2.17. The van der Waals surface area contributed by atoms with E-state index >= 15 is 0 Å². The Balaban J connectivity index is 1.21. The molecule has 0 radical (unpaired) electrons. The molecule has 0 unspecified atom stereocenters. The van der Waals surface area contributed by atoms with Gasteiger partial charge in [0, 0.05) is 29.1 Å². The lowest BCUT2D eigenvalue weighted by atomic mass is 10.0. The van der Waals surface area contributed by atoms with Crippen LogP contribution in [0.25, 0.3) is 55.8 Å². The minimum Gasteiger partial charge on any atom is -0.337 e. The number of amides is 1. The van der Waals surface area contributed by atoms with Gasteiger partial charge in [-0.2, -0.15) is 5.10 Å². The summed E-state index contributed by atoms with van der Waals surface area (Å²) >= 11 is 0. The number of pyridine rings is 2. The number of benzene rings is 3. The first-order valence-electron chi connectivity index (χ1n) is 13.0. The maximum absolute atomic E-state index is 13.5. The molecule has 0 aliphatic rings. The summed E-state index contributed by atoms with van der Waals surface area (Å²) in [6.45, 7) is 0. The van der Waals surface area contributed by atoms with Crippen LogP contribution in [0.2, 0.25) is 0 Å². The van der Waals surface area contributed by atoms with E-state index < -0.39 is 0 Å². The smallest absolute Gasteiger partial charge is 0.228 e. The normalized spacial score (nSPS) is 11.2. The summed E-state index contributed by atoms with van der Waals surface area (Å²) < 4.78 is 13.5. The Morgan fingerprint density at radius 1 is 0.854 bits per heavy atom. The van der Waals surface area contributed by atoms with E-state index in [9.17, 15) is 9.18 Å². The fraction of sp³-hybridized carbons (Fsp3) is 0.0312. The van der Waals surface area contributed by atoms with Crippen molar-refractivity contribution in [2.24, 2.45) is 0 Å². The van der Waals surface area contributed by atoms with Crippen molar-refractivity contribution in [3.8, 4) is 33.8 Å². The van der Waals surface area contributed by atoms with Crippen molar-refractivity contribution >= 4 is 33.7 Å². The number of aromatic amines is 2. The Morgan fingerprint density at radius 2 is 1.68 bits per heavy atom. The highest BCUT2D eigenvalue weighted by molar-refractivity contribution is 5.97. The number of anilines is 1. The second-order valence-electron chi connectivity index (χ2n) is 9.66. The Bertz CT molecular complexity index is 2030. The van der Waals surface area contributed by atoms with Crippen molar-refractivity contribution in [2.45, 2.75) is 6.42 Å². The van der Waals surface area contributed by atoms with Crippen LogP contribution in [-0.2, 0) is 11.2 Å². The lowest BCUT2D eigenvalue weighted by molar-refractivity contribution is -0.115. The molecular formula is C32H22FN7O. The predicted octanol–water partition coefficient (Wildman–Crippen LogP) is 6.55. The van der Waals surface area contributed by atoms with Crippen LogP contribution in [0.4, 0.5) is 10.1 Å². The van der Waals surface area contributed by atoms with Gasteiger partial charge in [0.25, 0.3) is 0 Å². The maximum Gasteiger partial charge on any atom is 0.228 e. The number of carbonyl (C=O) groups excluding carboxylic acids is 1. The molecule has 0 fully saturated rings. The first-order chi connectivity index (χ1) is 20.1. The van der Waals surface area contributed by atoms with Crippen LogP contribution in [0.3, 0.4) is 0 Å². The van der Waals surface area contributed by atoms with Gasteiger partial charge < -0.3 is 10.3 Å². The molecule has 41 heavy (non-hydrogen) atoms. The van der Waals surface area contributed by atoms with E-state index in [1.165, 1.54) is 12.1 Å². The number of aromatic nitrogens is 6. The summed E-state index contributed by atoms with van der Waals surface area (Å²) in [4.78, 5) is 29.7. The van der Waals surface area contributed by atoms with Gasteiger partial charge in [-0.3, -0.25) is 14.9 Å². The van der Waals surface area contributed by atoms with E-state index in [1.807, 2.05) is 60.7 Å². The molecule has 0 saturated heterocycles. The summed E-state index contributed by atoms with van der Waals surface area (Å²) in [5.74, 6) is 0.177. The Hall–Kier alpha value is -5.70. The second kappa shape index (κ2) is 10.1. The van der Waals surface area contributed by atoms with Crippen LogP contribution in [-0.4, -0.2) is 36.0 Å². The van der Waals surface area contributed by atoms with Gasteiger partial charge in [-0.05, 0) is 41.5 Å².